The van der Waals surface area contributed by atoms with Crippen molar-refractivity contribution < 1.29 is 4.79 Å². The van der Waals surface area contributed by atoms with Crippen molar-refractivity contribution >= 4 is 11.7 Å². The third kappa shape index (κ3) is 1.31. The molecule has 1 N–H and O–H groups in total. The normalized spacial score (nSPS) is 29.8. The van der Waals surface area contributed by atoms with Crippen LogP contribution >= 0.6 is 0 Å². The summed E-state index contributed by atoms with van der Waals surface area (Å²) in [6.45, 7) is 1.84. The van der Waals surface area contributed by atoms with Gasteiger partial charge in [0.2, 0.25) is 0 Å². The molecular weight excluding hydrogens is 190 g/mol. The van der Waals surface area contributed by atoms with E-state index < -0.39 is 5.54 Å². The average Bonchev–Trinajstić information content (AvgIpc) is 3.06. The van der Waals surface area contributed by atoms with Crippen LogP contribution in [0.15, 0.2) is 4.99 Å². The van der Waals surface area contributed by atoms with Crippen molar-refractivity contribution in [2.45, 2.75) is 31.2 Å². The van der Waals surface area contributed by atoms with Crippen molar-refractivity contribution in [1.29, 1.82) is 0 Å². The summed E-state index contributed by atoms with van der Waals surface area (Å²) in [5.41, 5.74) is -0.391. The Morgan fingerprint density at radius 1 is 1.40 bits per heavy atom. The van der Waals surface area contributed by atoms with E-state index >= 15 is 0 Å². The lowest BCUT2D eigenvalue weighted by molar-refractivity contribution is -0.131. The Labute approximate surface area is 89.7 Å². The molecule has 0 atom stereocenters. The van der Waals surface area contributed by atoms with Crippen LogP contribution in [0, 0.1) is 5.92 Å². The summed E-state index contributed by atoms with van der Waals surface area (Å²) in [5, 5.41) is 3.29. The summed E-state index contributed by atoms with van der Waals surface area (Å²) in [6.07, 6.45) is 4.16. The summed E-state index contributed by atoms with van der Waals surface area (Å²) < 4.78 is 0. The molecule has 4 heteroatoms. The van der Waals surface area contributed by atoms with Gasteiger partial charge in [-0.2, -0.15) is 0 Å². The number of hydrogen-bond donors (Lipinski definition) is 1. The highest BCUT2D eigenvalue weighted by Crippen LogP contribution is 2.39. The molecule has 1 spiro atoms. The first kappa shape index (κ1) is 9.33. The van der Waals surface area contributed by atoms with Crippen LogP contribution in [0.5, 0.6) is 0 Å². The topological polar surface area (TPSA) is 44.7 Å². The molecule has 4 nitrogen and oxygen atoms in total. The van der Waals surface area contributed by atoms with Gasteiger partial charge in [0.25, 0.3) is 5.91 Å². The third-order valence-corrected chi connectivity index (χ3v) is 3.75. The van der Waals surface area contributed by atoms with Crippen molar-refractivity contribution in [1.82, 2.24) is 10.2 Å². The summed E-state index contributed by atoms with van der Waals surface area (Å²) in [5.74, 6) is 1.86. The molecule has 2 heterocycles. The largest absolute Gasteiger partial charge is 0.317 e. The number of amidine groups is 1. The quantitative estimate of drug-likeness (QED) is 0.676. The Balaban J connectivity index is 1.91. The van der Waals surface area contributed by atoms with Crippen molar-refractivity contribution in [2.75, 3.05) is 20.1 Å². The zero-order valence-electron chi connectivity index (χ0n) is 9.12. The molecule has 82 valence electrons. The van der Waals surface area contributed by atoms with Gasteiger partial charge in [0.05, 0.1) is 0 Å². The predicted octanol–water partition coefficient (Wildman–Crippen LogP) is 0.389. The van der Waals surface area contributed by atoms with Gasteiger partial charge < -0.3 is 10.2 Å². The van der Waals surface area contributed by atoms with Gasteiger partial charge in [-0.3, -0.25) is 9.79 Å². The fourth-order valence-corrected chi connectivity index (χ4v) is 2.63. The highest BCUT2D eigenvalue weighted by molar-refractivity contribution is 6.09. The van der Waals surface area contributed by atoms with Crippen LogP contribution in [0.25, 0.3) is 0 Å². The maximum Gasteiger partial charge on any atom is 0.255 e. The number of nitrogens with zero attached hydrogens (tertiary/aromatic N) is 2. The highest BCUT2D eigenvalue weighted by Gasteiger charge is 2.50. The number of rotatable bonds is 1. The summed E-state index contributed by atoms with van der Waals surface area (Å²) in [4.78, 5) is 18.8. The fourth-order valence-electron chi connectivity index (χ4n) is 2.63. The second-order valence-electron chi connectivity index (χ2n) is 4.89. The lowest BCUT2D eigenvalue weighted by Crippen LogP contribution is -2.47. The monoisotopic (exact) mass is 207 g/mol. The van der Waals surface area contributed by atoms with Crippen LogP contribution < -0.4 is 5.32 Å². The number of piperidine rings is 1. The standard InChI is InChI=1S/C11H17N3O/c1-14-9(8-2-3-8)13-11(10(14)15)4-6-12-7-5-11/h8,12H,2-7H2,1H3. The Morgan fingerprint density at radius 2 is 2.07 bits per heavy atom. The minimum atomic E-state index is -0.391. The van der Waals surface area contributed by atoms with E-state index in [1.54, 1.807) is 0 Å². The molecule has 0 bridgehead atoms. The Morgan fingerprint density at radius 3 is 2.67 bits per heavy atom. The zero-order valence-corrected chi connectivity index (χ0v) is 9.12. The van der Waals surface area contributed by atoms with Gasteiger partial charge in [-0.05, 0) is 38.8 Å². The molecule has 0 aromatic heterocycles. The Bertz CT molecular complexity index is 327. The number of hydrogen-bond acceptors (Lipinski definition) is 3. The van der Waals surface area contributed by atoms with E-state index in [0.29, 0.717) is 5.92 Å². The molecule has 15 heavy (non-hydrogen) atoms. The molecule has 3 rings (SSSR count). The molecular formula is C11H17N3O. The zero-order chi connectivity index (χ0) is 10.5. The maximum atomic E-state index is 12.2. The van der Waals surface area contributed by atoms with Gasteiger partial charge in [-0.25, -0.2) is 0 Å². The Kier molecular flexibility index (Phi) is 1.89. The van der Waals surface area contributed by atoms with Crippen LogP contribution in [-0.2, 0) is 4.79 Å². The number of likely N-dealkylation sites (N-methyl/N-ethyl adjacent to an activating group) is 1. The molecule has 3 aliphatic rings. The van der Waals surface area contributed by atoms with Gasteiger partial charge in [0.15, 0.2) is 0 Å². The van der Waals surface area contributed by atoms with Crippen molar-refractivity contribution in [3.63, 3.8) is 0 Å². The number of nitrogens with one attached hydrogen (secondary N) is 1. The predicted molar refractivity (Wildman–Crippen MR) is 57.8 cm³/mol. The van der Waals surface area contributed by atoms with E-state index in [1.165, 1.54) is 12.8 Å². The molecule has 2 fully saturated rings. The van der Waals surface area contributed by atoms with E-state index in [0.717, 1.165) is 31.8 Å². The molecule has 0 radical (unpaired) electrons. The summed E-state index contributed by atoms with van der Waals surface area (Å²) >= 11 is 0. The van der Waals surface area contributed by atoms with Crippen LogP contribution in [0.3, 0.4) is 0 Å². The molecule has 2 aliphatic heterocycles. The molecule has 0 aromatic rings. The number of aliphatic imine (C=N–C) groups is 1. The molecule has 0 aromatic carbocycles. The van der Waals surface area contributed by atoms with E-state index in [2.05, 4.69) is 5.32 Å². The first-order valence-electron chi connectivity index (χ1n) is 5.82. The van der Waals surface area contributed by atoms with Crippen LogP contribution in [0.2, 0.25) is 0 Å². The molecule has 1 aliphatic carbocycles. The first-order chi connectivity index (χ1) is 7.23. The molecule has 1 saturated carbocycles. The number of carbonyl (C=O) groups is 1. The minimum Gasteiger partial charge on any atom is -0.317 e. The lowest BCUT2D eigenvalue weighted by atomic mass is 9.89. The van der Waals surface area contributed by atoms with Gasteiger partial charge in [-0.1, -0.05) is 0 Å². The minimum absolute atomic E-state index is 0.228. The summed E-state index contributed by atoms with van der Waals surface area (Å²) in [7, 11) is 1.89. The summed E-state index contributed by atoms with van der Waals surface area (Å²) in [6, 6.07) is 0. The maximum absolute atomic E-state index is 12.2. The van der Waals surface area contributed by atoms with E-state index in [9.17, 15) is 4.79 Å². The SMILES string of the molecule is CN1C(=O)C2(CCNCC2)N=C1C1CC1. The van der Waals surface area contributed by atoms with Crippen LogP contribution in [0.1, 0.15) is 25.7 Å². The van der Waals surface area contributed by atoms with Crippen LogP contribution in [-0.4, -0.2) is 42.3 Å². The average molecular weight is 207 g/mol. The van der Waals surface area contributed by atoms with Crippen molar-refractivity contribution in [2.24, 2.45) is 10.9 Å². The smallest absolute Gasteiger partial charge is 0.255 e. The number of carbonyl (C=O) groups excluding carboxylic acids is 1. The van der Waals surface area contributed by atoms with E-state index in [-0.39, 0.29) is 5.91 Å². The Hall–Kier alpha value is -0.900. The van der Waals surface area contributed by atoms with Crippen molar-refractivity contribution in [3.8, 4) is 0 Å². The second kappa shape index (κ2) is 3.04. The van der Waals surface area contributed by atoms with Gasteiger partial charge in [0, 0.05) is 13.0 Å². The van der Waals surface area contributed by atoms with Crippen molar-refractivity contribution in [3.05, 3.63) is 0 Å². The highest BCUT2D eigenvalue weighted by atomic mass is 16.2. The van der Waals surface area contributed by atoms with Crippen LogP contribution in [0.4, 0.5) is 0 Å². The molecule has 1 amide bonds. The van der Waals surface area contributed by atoms with Gasteiger partial charge in [-0.15, -0.1) is 0 Å². The number of amides is 1. The second-order valence-corrected chi connectivity index (χ2v) is 4.89. The van der Waals surface area contributed by atoms with E-state index in [4.69, 9.17) is 4.99 Å². The first-order valence-corrected chi connectivity index (χ1v) is 5.82. The third-order valence-electron chi connectivity index (χ3n) is 3.75. The molecule has 1 saturated heterocycles. The van der Waals surface area contributed by atoms with Gasteiger partial charge in [0.1, 0.15) is 11.4 Å². The van der Waals surface area contributed by atoms with E-state index in [1.807, 2.05) is 11.9 Å². The fraction of sp³-hybridized carbons (Fsp3) is 0.818. The lowest BCUT2D eigenvalue weighted by Gasteiger charge is -2.29. The van der Waals surface area contributed by atoms with Gasteiger partial charge >= 0.3 is 0 Å². The molecule has 0 unspecified atom stereocenters.